The van der Waals surface area contributed by atoms with E-state index in [1.165, 1.54) is 0 Å². The van der Waals surface area contributed by atoms with Crippen LogP contribution in [0.25, 0.3) is 0 Å². The summed E-state index contributed by atoms with van der Waals surface area (Å²) in [5, 5.41) is 6.57. The summed E-state index contributed by atoms with van der Waals surface area (Å²) in [7, 11) is 0. The van der Waals surface area contributed by atoms with Crippen molar-refractivity contribution in [3.63, 3.8) is 0 Å². The van der Waals surface area contributed by atoms with E-state index in [0.717, 1.165) is 25.0 Å². The first-order valence-corrected chi connectivity index (χ1v) is 5.43. The number of aromatic nitrogens is 1. The lowest BCUT2D eigenvalue weighted by Crippen LogP contribution is -2.32. The molecule has 84 valence electrons. The average molecular weight is 210 g/mol. The Balaban J connectivity index is 2.58. The molecule has 0 saturated carbocycles. The number of hydrogen-bond acceptors (Lipinski definition) is 3. The average Bonchev–Trinajstić information content (AvgIpc) is 2.67. The van der Waals surface area contributed by atoms with Crippen LogP contribution in [0.3, 0.4) is 0 Å². The minimum atomic E-state index is -0.157. The Morgan fingerprint density at radius 1 is 1.60 bits per heavy atom. The van der Waals surface area contributed by atoms with Gasteiger partial charge in [0.1, 0.15) is 5.76 Å². The summed E-state index contributed by atoms with van der Waals surface area (Å²) in [4.78, 5) is 11.6. The number of nitrogens with one attached hydrogen (secondary N) is 1. The predicted octanol–water partition coefficient (Wildman–Crippen LogP) is 2.16. The van der Waals surface area contributed by atoms with E-state index < -0.39 is 0 Å². The monoisotopic (exact) mass is 210 g/mol. The summed E-state index contributed by atoms with van der Waals surface area (Å²) in [6.07, 6.45) is 2.72. The zero-order valence-corrected chi connectivity index (χ0v) is 9.54. The van der Waals surface area contributed by atoms with Crippen molar-refractivity contribution in [2.24, 2.45) is 0 Å². The SMILES string of the molecule is CCCc1cc(C(=O)NC(C)CC)no1. The van der Waals surface area contributed by atoms with Gasteiger partial charge in [-0.1, -0.05) is 19.0 Å². The predicted molar refractivity (Wildman–Crippen MR) is 57.7 cm³/mol. The van der Waals surface area contributed by atoms with Gasteiger partial charge in [0.15, 0.2) is 5.69 Å². The van der Waals surface area contributed by atoms with Crippen LogP contribution >= 0.6 is 0 Å². The quantitative estimate of drug-likeness (QED) is 0.810. The molecule has 0 aromatic carbocycles. The molecule has 1 aromatic rings. The van der Waals surface area contributed by atoms with Crippen molar-refractivity contribution in [1.29, 1.82) is 0 Å². The van der Waals surface area contributed by atoms with Gasteiger partial charge in [-0.25, -0.2) is 0 Å². The number of amides is 1. The van der Waals surface area contributed by atoms with Crippen molar-refractivity contribution in [1.82, 2.24) is 10.5 Å². The molecule has 0 spiro atoms. The van der Waals surface area contributed by atoms with Crippen LogP contribution in [0.2, 0.25) is 0 Å². The molecule has 0 aliphatic rings. The second kappa shape index (κ2) is 5.53. The van der Waals surface area contributed by atoms with Crippen molar-refractivity contribution < 1.29 is 9.32 Å². The van der Waals surface area contributed by atoms with Crippen molar-refractivity contribution >= 4 is 5.91 Å². The lowest BCUT2D eigenvalue weighted by molar-refractivity contribution is 0.0930. The second-order valence-electron chi connectivity index (χ2n) is 3.71. The molecule has 1 N–H and O–H groups in total. The van der Waals surface area contributed by atoms with Crippen LogP contribution in [-0.2, 0) is 6.42 Å². The first-order valence-electron chi connectivity index (χ1n) is 5.43. The molecule has 0 saturated heterocycles. The summed E-state index contributed by atoms with van der Waals surface area (Å²) >= 11 is 0. The second-order valence-corrected chi connectivity index (χ2v) is 3.71. The van der Waals surface area contributed by atoms with Gasteiger partial charge in [0, 0.05) is 18.5 Å². The lowest BCUT2D eigenvalue weighted by Gasteiger charge is -2.08. The van der Waals surface area contributed by atoms with E-state index in [2.05, 4.69) is 17.4 Å². The number of hydrogen-bond donors (Lipinski definition) is 1. The largest absolute Gasteiger partial charge is 0.361 e. The van der Waals surface area contributed by atoms with E-state index in [1.807, 2.05) is 13.8 Å². The topological polar surface area (TPSA) is 55.1 Å². The number of nitrogens with zero attached hydrogens (tertiary/aromatic N) is 1. The molecular weight excluding hydrogens is 192 g/mol. The smallest absolute Gasteiger partial charge is 0.273 e. The van der Waals surface area contributed by atoms with Gasteiger partial charge in [-0.15, -0.1) is 0 Å². The lowest BCUT2D eigenvalue weighted by atomic mass is 10.2. The summed E-state index contributed by atoms with van der Waals surface area (Å²) < 4.78 is 5.03. The summed E-state index contributed by atoms with van der Waals surface area (Å²) in [5.41, 5.74) is 0.374. The molecule has 0 aliphatic carbocycles. The first kappa shape index (κ1) is 11.8. The number of aryl methyl sites for hydroxylation is 1. The fraction of sp³-hybridized carbons (Fsp3) is 0.636. The molecule has 4 nitrogen and oxygen atoms in total. The molecule has 1 aromatic heterocycles. The third-order valence-electron chi connectivity index (χ3n) is 2.28. The highest BCUT2D eigenvalue weighted by Gasteiger charge is 2.13. The summed E-state index contributed by atoms with van der Waals surface area (Å²) in [6, 6.07) is 1.88. The van der Waals surface area contributed by atoms with Crippen LogP contribution in [0.15, 0.2) is 10.6 Å². The highest BCUT2D eigenvalue weighted by molar-refractivity contribution is 5.92. The van der Waals surface area contributed by atoms with Crippen LogP contribution in [-0.4, -0.2) is 17.1 Å². The summed E-state index contributed by atoms with van der Waals surface area (Å²) in [6.45, 7) is 6.04. The molecule has 1 unspecified atom stereocenters. The molecule has 0 fully saturated rings. The van der Waals surface area contributed by atoms with E-state index in [9.17, 15) is 4.79 Å². The maximum atomic E-state index is 11.6. The summed E-state index contributed by atoms with van der Waals surface area (Å²) in [5.74, 6) is 0.613. The van der Waals surface area contributed by atoms with E-state index in [1.54, 1.807) is 6.07 Å². The van der Waals surface area contributed by atoms with Crippen molar-refractivity contribution in [3.8, 4) is 0 Å². The third-order valence-corrected chi connectivity index (χ3v) is 2.28. The first-order chi connectivity index (χ1) is 7.17. The molecule has 0 bridgehead atoms. The normalized spacial score (nSPS) is 12.5. The van der Waals surface area contributed by atoms with Crippen LogP contribution in [0, 0.1) is 0 Å². The minimum Gasteiger partial charge on any atom is -0.361 e. The maximum absolute atomic E-state index is 11.6. The number of carbonyl (C=O) groups is 1. The molecule has 1 rings (SSSR count). The highest BCUT2D eigenvalue weighted by Crippen LogP contribution is 2.06. The zero-order chi connectivity index (χ0) is 11.3. The molecule has 4 heteroatoms. The Morgan fingerprint density at radius 2 is 2.33 bits per heavy atom. The van der Waals surface area contributed by atoms with Gasteiger partial charge in [-0.3, -0.25) is 4.79 Å². The van der Waals surface area contributed by atoms with Crippen LogP contribution in [0.4, 0.5) is 0 Å². The minimum absolute atomic E-state index is 0.157. The standard InChI is InChI=1S/C11H18N2O2/c1-4-6-9-7-10(13-15-9)11(14)12-8(3)5-2/h7-8H,4-6H2,1-3H3,(H,12,14). The highest BCUT2D eigenvalue weighted by atomic mass is 16.5. The fourth-order valence-electron chi connectivity index (χ4n) is 1.18. The number of rotatable bonds is 5. The molecule has 1 heterocycles. The molecule has 0 aliphatic heterocycles. The molecular formula is C11H18N2O2. The van der Waals surface area contributed by atoms with E-state index in [-0.39, 0.29) is 11.9 Å². The van der Waals surface area contributed by atoms with Gasteiger partial charge >= 0.3 is 0 Å². The molecule has 1 amide bonds. The Morgan fingerprint density at radius 3 is 2.93 bits per heavy atom. The Hall–Kier alpha value is -1.32. The van der Waals surface area contributed by atoms with Gasteiger partial charge in [0.05, 0.1) is 0 Å². The van der Waals surface area contributed by atoms with Crippen LogP contribution in [0.5, 0.6) is 0 Å². The van der Waals surface area contributed by atoms with Gasteiger partial charge in [0.2, 0.25) is 0 Å². The molecule has 15 heavy (non-hydrogen) atoms. The Bertz CT molecular complexity index is 320. The van der Waals surface area contributed by atoms with Gasteiger partial charge in [-0.05, 0) is 19.8 Å². The zero-order valence-electron chi connectivity index (χ0n) is 9.54. The van der Waals surface area contributed by atoms with E-state index in [4.69, 9.17) is 4.52 Å². The van der Waals surface area contributed by atoms with Crippen molar-refractivity contribution in [2.45, 2.75) is 46.1 Å². The van der Waals surface area contributed by atoms with Gasteiger partial charge < -0.3 is 9.84 Å². The fourth-order valence-corrected chi connectivity index (χ4v) is 1.18. The van der Waals surface area contributed by atoms with Crippen molar-refractivity contribution in [2.75, 3.05) is 0 Å². The molecule has 1 atom stereocenters. The Labute approximate surface area is 90.0 Å². The molecule has 0 radical (unpaired) electrons. The third kappa shape index (κ3) is 3.38. The van der Waals surface area contributed by atoms with E-state index in [0.29, 0.717) is 5.69 Å². The number of carbonyl (C=O) groups excluding carboxylic acids is 1. The van der Waals surface area contributed by atoms with Crippen LogP contribution in [0.1, 0.15) is 49.9 Å². The van der Waals surface area contributed by atoms with E-state index >= 15 is 0 Å². The van der Waals surface area contributed by atoms with Gasteiger partial charge in [0.25, 0.3) is 5.91 Å². The maximum Gasteiger partial charge on any atom is 0.273 e. The van der Waals surface area contributed by atoms with Gasteiger partial charge in [-0.2, -0.15) is 0 Å². The van der Waals surface area contributed by atoms with Crippen LogP contribution < -0.4 is 5.32 Å². The van der Waals surface area contributed by atoms with Crippen molar-refractivity contribution in [3.05, 3.63) is 17.5 Å². The Kier molecular flexibility index (Phi) is 4.34.